The molecule has 146 valence electrons. The maximum Gasteiger partial charge on any atom is 0.338 e. The van der Waals surface area contributed by atoms with Gasteiger partial charge >= 0.3 is 18.0 Å². The largest absolute Gasteiger partial charge is 0.463 e. The molecule has 0 radical (unpaired) electrons. The molecular weight excluding hydrogens is 364 g/mol. The summed E-state index contributed by atoms with van der Waals surface area (Å²) in [5.41, 5.74) is 1.57. The van der Waals surface area contributed by atoms with Gasteiger partial charge in [0.1, 0.15) is 6.61 Å². The summed E-state index contributed by atoms with van der Waals surface area (Å²) in [7, 11) is 0. The number of amides is 2. The Kier molecular flexibility index (Phi) is 5.73. The Morgan fingerprint density at radius 3 is 2.57 bits per heavy atom. The van der Waals surface area contributed by atoms with Gasteiger partial charge in [-0.25, -0.2) is 19.1 Å². The molecule has 9 nitrogen and oxygen atoms in total. The predicted octanol–water partition coefficient (Wildman–Crippen LogP) is 1.55. The van der Waals surface area contributed by atoms with Crippen LogP contribution in [-0.4, -0.2) is 47.0 Å². The van der Waals surface area contributed by atoms with Crippen molar-refractivity contribution in [3.63, 3.8) is 0 Å². The van der Waals surface area contributed by atoms with Crippen LogP contribution in [0.15, 0.2) is 54.0 Å². The summed E-state index contributed by atoms with van der Waals surface area (Å²) < 4.78 is 12.0. The van der Waals surface area contributed by atoms with E-state index in [1.54, 1.807) is 61.3 Å². The first kappa shape index (κ1) is 19.2. The zero-order valence-electron chi connectivity index (χ0n) is 15.5. The maximum atomic E-state index is 12.3. The first-order valence-corrected chi connectivity index (χ1v) is 8.74. The van der Waals surface area contributed by atoms with Crippen LogP contribution in [-0.2, 0) is 14.3 Å². The zero-order valence-corrected chi connectivity index (χ0v) is 15.5. The van der Waals surface area contributed by atoms with Gasteiger partial charge in [0.2, 0.25) is 0 Å². The van der Waals surface area contributed by atoms with Crippen molar-refractivity contribution < 1.29 is 23.9 Å². The minimum Gasteiger partial charge on any atom is -0.463 e. The topological polar surface area (TPSA) is 112 Å². The second-order valence-electron chi connectivity index (χ2n) is 6.01. The lowest BCUT2D eigenvalue weighted by Gasteiger charge is -2.26. The molecule has 1 aromatic carbocycles. The van der Waals surface area contributed by atoms with Gasteiger partial charge in [-0.15, -0.1) is 0 Å². The molecule has 28 heavy (non-hydrogen) atoms. The molecule has 1 aliphatic rings. The molecule has 2 aromatic rings. The van der Waals surface area contributed by atoms with Gasteiger partial charge in [-0.2, -0.15) is 5.10 Å². The first-order chi connectivity index (χ1) is 13.5. The molecule has 2 N–H and O–H groups in total. The third kappa shape index (κ3) is 4.20. The highest BCUT2D eigenvalue weighted by Crippen LogP contribution is 2.16. The van der Waals surface area contributed by atoms with Gasteiger partial charge in [0.15, 0.2) is 0 Å². The quantitative estimate of drug-likeness (QED) is 0.731. The van der Waals surface area contributed by atoms with E-state index in [1.807, 2.05) is 0 Å². The van der Waals surface area contributed by atoms with E-state index in [2.05, 4.69) is 15.7 Å². The number of urea groups is 1. The molecule has 3 rings (SSSR count). The second kappa shape index (κ2) is 8.38. The molecule has 2 heterocycles. The van der Waals surface area contributed by atoms with E-state index >= 15 is 0 Å². The lowest BCUT2D eigenvalue weighted by Crippen LogP contribution is -2.50. The third-order valence-electron chi connectivity index (χ3n) is 4.09. The maximum absolute atomic E-state index is 12.3. The molecule has 0 spiro atoms. The van der Waals surface area contributed by atoms with Crippen molar-refractivity contribution in [3.05, 3.63) is 59.6 Å². The Morgan fingerprint density at radius 1 is 1.18 bits per heavy atom. The Morgan fingerprint density at radius 2 is 1.93 bits per heavy atom. The van der Waals surface area contributed by atoms with Crippen LogP contribution in [0.25, 0.3) is 5.69 Å². The molecular formula is C19H20N4O5. The molecule has 0 saturated carbocycles. The van der Waals surface area contributed by atoms with Crippen LogP contribution < -0.4 is 10.6 Å². The summed E-state index contributed by atoms with van der Waals surface area (Å²) in [6, 6.07) is 7.46. The Balaban J connectivity index is 1.71. The number of hydrogen-bond acceptors (Lipinski definition) is 6. The standard InChI is InChI=1S/C19H20N4O5/c1-3-27-18(25)16-12(2)21-19(26)22-15(16)11-28-17(24)13-5-7-14(8-6-13)23-10-4-9-20-23/h4-10,12H,3,11H2,1-2H3,(H2,21,22,26)/t12-/m1/s1. The average molecular weight is 384 g/mol. The monoisotopic (exact) mass is 384 g/mol. The lowest BCUT2D eigenvalue weighted by atomic mass is 10.0. The molecule has 0 fully saturated rings. The van der Waals surface area contributed by atoms with Crippen LogP contribution in [0.1, 0.15) is 24.2 Å². The van der Waals surface area contributed by atoms with Crippen molar-refractivity contribution in [1.82, 2.24) is 20.4 Å². The van der Waals surface area contributed by atoms with Gasteiger partial charge in [-0.1, -0.05) is 0 Å². The SMILES string of the molecule is CCOC(=O)C1=C(COC(=O)c2ccc(-n3cccn3)cc2)NC(=O)N[C@@H]1C. The highest BCUT2D eigenvalue weighted by Gasteiger charge is 2.30. The van der Waals surface area contributed by atoms with Gasteiger partial charge in [0.25, 0.3) is 0 Å². The summed E-state index contributed by atoms with van der Waals surface area (Å²) in [5, 5.41) is 9.21. The van der Waals surface area contributed by atoms with Crippen molar-refractivity contribution in [3.8, 4) is 5.69 Å². The number of rotatable bonds is 6. The smallest absolute Gasteiger partial charge is 0.338 e. The normalized spacial score (nSPS) is 16.2. The molecule has 1 aromatic heterocycles. The van der Waals surface area contributed by atoms with Crippen molar-refractivity contribution in [1.29, 1.82) is 0 Å². The number of ether oxygens (including phenoxy) is 2. The van der Waals surface area contributed by atoms with E-state index in [1.165, 1.54) is 0 Å². The predicted molar refractivity (Wildman–Crippen MR) is 98.6 cm³/mol. The number of nitrogens with zero attached hydrogens (tertiary/aromatic N) is 2. The van der Waals surface area contributed by atoms with Crippen molar-refractivity contribution in [2.24, 2.45) is 0 Å². The number of nitrogens with one attached hydrogen (secondary N) is 2. The van der Waals surface area contributed by atoms with E-state index in [-0.39, 0.29) is 24.5 Å². The number of carbonyl (C=O) groups excluding carboxylic acids is 3. The van der Waals surface area contributed by atoms with E-state index in [0.717, 1.165) is 5.69 Å². The minimum atomic E-state index is -0.580. The summed E-state index contributed by atoms with van der Waals surface area (Å²) in [4.78, 5) is 36.2. The van der Waals surface area contributed by atoms with E-state index in [9.17, 15) is 14.4 Å². The molecule has 1 atom stereocenters. The first-order valence-electron chi connectivity index (χ1n) is 8.74. The Hall–Kier alpha value is -3.62. The highest BCUT2D eigenvalue weighted by molar-refractivity contribution is 5.95. The zero-order chi connectivity index (χ0) is 20.1. The second-order valence-corrected chi connectivity index (χ2v) is 6.01. The van der Waals surface area contributed by atoms with Gasteiger partial charge in [-0.05, 0) is 44.2 Å². The van der Waals surface area contributed by atoms with Gasteiger partial charge in [-0.3, -0.25) is 0 Å². The van der Waals surface area contributed by atoms with Crippen LogP contribution in [0.5, 0.6) is 0 Å². The van der Waals surface area contributed by atoms with Gasteiger partial charge in [0, 0.05) is 12.4 Å². The van der Waals surface area contributed by atoms with Crippen molar-refractivity contribution >= 4 is 18.0 Å². The fourth-order valence-corrected chi connectivity index (χ4v) is 2.79. The van der Waals surface area contributed by atoms with E-state index < -0.39 is 24.0 Å². The fraction of sp³-hybridized carbons (Fsp3) is 0.263. The molecule has 0 unspecified atom stereocenters. The van der Waals surface area contributed by atoms with Crippen molar-refractivity contribution in [2.75, 3.05) is 13.2 Å². The minimum absolute atomic E-state index is 0.193. The summed E-state index contributed by atoms with van der Waals surface area (Å²) >= 11 is 0. The van der Waals surface area contributed by atoms with E-state index in [4.69, 9.17) is 9.47 Å². The number of esters is 2. The van der Waals surface area contributed by atoms with E-state index in [0.29, 0.717) is 5.56 Å². The summed E-state index contributed by atoms with van der Waals surface area (Å²) in [5.74, 6) is -1.15. The molecule has 0 aliphatic carbocycles. The molecule has 1 aliphatic heterocycles. The van der Waals surface area contributed by atoms with Crippen LogP contribution in [0.3, 0.4) is 0 Å². The van der Waals surface area contributed by atoms with Crippen LogP contribution in [0.4, 0.5) is 4.79 Å². The summed E-state index contributed by atoms with van der Waals surface area (Å²) in [6.07, 6.45) is 3.45. The molecule has 0 saturated heterocycles. The Labute approximate surface area is 161 Å². The number of hydrogen-bond donors (Lipinski definition) is 2. The number of aromatic nitrogens is 2. The highest BCUT2D eigenvalue weighted by atomic mass is 16.5. The van der Waals surface area contributed by atoms with Crippen LogP contribution in [0, 0.1) is 0 Å². The van der Waals surface area contributed by atoms with Gasteiger partial charge in [0.05, 0.1) is 35.2 Å². The lowest BCUT2D eigenvalue weighted by molar-refractivity contribution is -0.139. The van der Waals surface area contributed by atoms with Crippen LogP contribution >= 0.6 is 0 Å². The molecule has 9 heteroatoms. The number of benzene rings is 1. The molecule has 2 amide bonds. The number of carbonyl (C=O) groups is 3. The van der Waals surface area contributed by atoms with Gasteiger partial charge < -0.3 is 20.1 Å². The Bertz CT molecular complexity index is 903. The van der Waals surface area contributed by atoms with Crippen molar-refractivity contribution in [2.45, 2.75) is 19.9 Å². The average Bonchev–Trinajstić information content (AvgIpc) is 3.20. The molecule has 0 bridgehead atoms. The fourth-order valence-electron chi connectivity index (χ4n) is 2.79. The van der Waals surface area contributed by atoms with Crippen LogP contribution in [0.2, 0.25) is 0 Å². The third-order valence-corrected chi connectivity index (χ3v) is 4.09. The summed E-state index contributed by atoms with van der Waals surface area (Å²) in [6.45, 7) is 3.27.